The van der Waals surface area contributed by atoms with Gasteiger partial charge in [0.15, 0.2) is 0 Å². The Morgan fingerprint density at radius 3 is 1.93 bits per heavy atom. The highest BCUT2D eigenvalue weighted by molar-refractivity contribution is 6.46. The molecule has 3 aromatic carbocycles. The molecule has 1 aliphatic rings. The fourth-order valence-corrected chi connectivity index (χ4v) is 3.56. The quantitative estimate of drug-likeness (QED) is 0.424. The smallest absolute Gasteiger partial charge is 0.295 e. The van der Waals surface area contributed by atoms with E-state index < -0.39 is 17.7 Å². The molecule has 28 heavy (non-hydrogen) atoms. The number of aliphatic hydroxyl groups is 1. The molecule has 0 radical (unpaired) electrons. The average molecular weight is 369 g/mol. The minimum Gasteiger partial charge on any atom is -0.507 e. The molecule has 4 heteroatoms. The lowest BCUT2D eigenvalue weighted by Gasteiger charge is -2.25. The van der Waals surface area contributed by atoms with Crippen LogP contribution in [0.2, 0.25) is 0 Å². The third-order valence-corrected chi connectivity index (χ3v) is 4.90. The van der Waals surface area contributed by atoms with Gasteiger partial charge in [0.05, 0.1) is 11.6 Å². The monoisotopic (exact) mass is 369 g/mol. The van der Waals surface area contributed by atoms with Crippen LogP contribution in [0.5, 0.6) is 0 Å². The molecule has 1 saturated heterocycles. The van der Waals surface area contributed by atoms with Crippen molar-refractivity contribution in [1.29, 1.82) is 0 Å². The topological polar surface area (TPSA) is 57.6 Å². The van der Waals surface area contributed by atoms with Crippen LogP contribution >= 0.6 is 0 Å². The van der Waals surface area contributed by atoms with Gasteiger partial charge in [-0.25, -0.2) is 0 Å². The number of carbonyl (C=O) groups excluding carboxylic acids is 2. The molecule has 1 aliphatic heterocycles. The summed E-state index contributed by atoms with van der Waals surface area (Å²) < 4.78 is 0. The van der Waals surface area contributed by atoms with Gasteiger partial charge < -0.3 is 10.0 Å². The van der Waals surface area contributed by atoms with E-state index in [4.69, 9.17) is 0 Å². The Morgan fingerprint density at radius 2 is 1.32 bits per heavy atom. The molecule has 3 aromatic rings. The van der Waals surface area contributed by atoms with Crippen LogP contribution in [0, 0.1) is 0 Å². The second-order valence-corrected chi connectivity index (χ2v) is 6.69. The lowest BCUT2D eigenvalue weighted by Crippen LogP contribution is -2.29. The second-order valence-electron chi connectivity index (χ2n) is 6.69. The zero-order valence-corrected chi connectivity index (χ0v) is 15.2. The van der Waals surface area contributed by atoms with E-state index in [2.05, 4.69) is 0 Å². The molecule has 1 heterocycles. The van der Waals surface area contributed by atoms with Crippen molar-refractivity contribution < 1.29 is 14.7 Å². The Labute approximate surface area is 163 Å². The molecule has 0 bridgehead atoms. The second kappa shape index (κ2) is 7.53. The minimum absolute atomic E-state index is 0.123. The maximum Gasteiger partial charge on any atom is 0.295 e. The highest BCUT2D eigenvalue weighted by atomic mass is 16.3. The Morgan fingerprint density at radius 1 is 0.786 bits per heavy atom. The van der Waals surface area contributed by atoms with Crippen LogP contribution < -0.4 is 0 Å². The number of aliphatic hydroxyl groups excluding tert-OH is 1. The van der Waals surface area contributed by atoms with E-state index in [1.54, 1.807) is 24.3 Å². The summed E-state index contributed by atoms with van der Waals surface area (Å²) in [6.45, 7) is 0.288. The van der Waals surface area contributed by atoms with Crippen molar-refractivity contribution in [3.8, 4) is 0 Å². The van der Waals surface area contributed by atoms with E-state index in [1.807, 2.05) is 66.7 Å². The summed E-state index contributed by atoms with van der Waals surface area (Å²) in [5, 5.41) is 10.9. The number of ketones is 1. The molecule has 138 valence electrons. The van der Waals surface area contributed by atoms with Gasteiger partial charge in [-0.3, -0.25) is 9.59 Å². The molecular formula is C24H19NO3. The van der Waals surface area contributed by atoms with Crippen LogP contribution in [0.25, 0.3) is 5.76 Å². The standard InChI is InChI=1S/C24H19NO3/c26-22(19-14-8-3-9-15-19)20-21(18-12-6-2-7-13-18)25(24(28)23(20)27)16-17-10-4-1-5-11-17/h1-15,21,26H,16H2/t21-/m0/s1. The first-order valence-corrected chi connectivity index (χ1v) is 9.09. The SMILES string of the molecule is O=C1C(=O)N(Cc2ccccc2)[C@@H](c2ccccc2)C1=C(O)c1ccccc1. The lowest BCUT2D eigenvalue weighted by molar-refractivity contribution is -0.140. The number of benzene rings is 3. The molecule has 4 nitrogen and oxygen atoms in total. The number of nitrogens with zero attached hydrogens (tertiary/aromatic N) is 1. The fraction of sp³-hybridized carbons (Fsp3) is 0.0833. The summed E-state index contributed by atoms with van der Waals surface area (Å²) in [6, 6.07) is 27.1. The van der Waals surface area contributed by atoms with Crippen molar-refractivity contribution in [2.75, 3.05) is 0 Å². The van der Waals surface area contributed by atoms with E-state index in [0.717, 1.165) is 11.1 Å². The molecule has 0 aliphatic carbocycles. The molecule has 1 amide bonds. The van der Waals surface area contributed by atoms with Crippen molar-refractivity contribution in [2.24, 2.45) is 0 Å². The van der Waals surface area contributed by atoms with Crippen molar-refractivity contribution in [2.45, 2.75) is 12.6 Å². The van der Waals surface area contributed by atoms with Gasteiger partial charge in [-0.1, -0.05) is 91.0 Å². The average Bonchev–Trinajstić information content (AvgIpc) is 3.00. The predicted octanol–water partition coefficient (Wildman–Crippen LogP) is 4.31. The van der Waals surface area contributed by atoms with Gasteiger partial charge in [0, 0.05) is 12.1 Å². The third kappa shape index (κ3) is 3.21. The number of hydrogen-bond donors (Lipinski definition) is 1. The van der Waals surface area contributed by atoms with Gasteiger partial charge in [-0.15, -0.1) is 0 Å². The van der Waals surface area contributed by atoms with Crippen LogP contribution in [0.1, 0.15) is 22.7 Å². The van der Waals surface area contributed by atoms with Crippen molar-refractivity contribution >= 4 is 17.4 Å². The van der Waals surface area contributed by atoms with Gasteiger partial charge in [0.25, 0.3) is 11.7 Å². The van der Waals surface area contributed by atoms with Gasteiger partial charge in [0.2, 0.25) is 0 Å². The molecule has 0 unspecified atom stereocenters. The molecule has 1 N–H and O–H groups in total. The van der Waals surface area contributed by atoms with Crippen molar-refractivity contribution in [3.63, 3.8) is 0 Å². The number of hydrogen-bond acceptors (Lipinski definition) is 3. The number of Topliss-reactive ketones (excluding diaryl/α,β-unsaturated/α-hetero) is 1. The van der Waals surface area contributed by atoms with E-state index in [-0.39, 0.29) is 17.9 Å². The normalized spacial score (nSPS) is 18.4. The number of rotatable bonds is 4. The van der Waals surface area contributed by atoms with Crippen molar-refractivity contribution in [1.82, 2.24) is 4.90 Å². The lowest BCUT2D eigenvalue weighted by atomic mass is 9.95. The molecule has 1 fully saturated rings. The van der Waals surface area contributed by atoms with Crippen LogP contribution in [-0.4, -0.2) is 21.7 Å². The van der Waals surface area contributed by atoms with Gasteiger partial charge in [-0.05, 0) is 11.1 Å². The van der Waals surface area contributed by atoms with Gasteiger partial charge >= 0.3 is 0 Å². The number of carbonyl (C=O) groups is 2. The van der Waals surface area contributed by atoms with E-state index in [0.29, 0.717) is 5.56 Å². The van der Waals surface area contributed by atoms with Crippen LogP contribution in [0.4, 0.5) is 0 Å². The molecule has 0 spiro atoms. The van der Waals surface area contributed by atoms with E-state index >= 15 is 0 Å². The molecular weight excluding hydrogens is 350 g/mol. The Kier molecular flexibility index (Phi) is 4.77. The maximum atomic E-state index is 12.9. The number of likely N-dealkylation sites (tertiary alicyclic amines) is 1. The Bertz CT molecular complexity index is 1030. The number of amides is 1. The zero-order chi connectivity index (χ0) is 19.5. The summed E-state index contributed by atoms with van der Waals surface area (Å²) in [7, 11) is 0. The fourth-order valence-electron chi connectivity index (χ4n) is 3.56. The van der Waals surface area contributed by atoms with Gasteiger partial charge in [0.1, 0.15) is 5.76 Å². The summed E-state index contributed by atoms with van der Waals surface area (Å²) in [4.78, 5) is 27.3. The van der Waals surface area contributed by atoms with Crippen LogP contribution in [0.3, 0.4) is 0 Å². The largest absolute Gasteiger partial charge is 0.507 e. The third-order valence-electron chi connectivity index (χ3n) is 4.90. The summed E-state index contributed by atoms with van der Waals surface area (Å²) in [6.07, 6.45) is 0. The molecule has 0 aromatic heterocycles. The first-order valence-electron chi connectivity index (χ1n) is 9.09. The minimum atomic E-state index is -0.661. The summed E-state index contributed by atoms with van der Waals surface area (Å²) in [5.74, 6) is -1.41. The zero-order valence-electron chi connectivity index (χ0n) is 15.2. The molecule has 0 saturated carbocycles. The Hall–Kier alpha value is -3.66. The molecule has 1 atom stereocenters. The maximum absolute atomic E-state index is 12.9. The highest BCUT2D eigenvalue weighted by Gasteiger charge is 2.45. The van der Waals surface area contributed by atoms with Gasteiger partial charge in [-0.2, -0.15) is 0 Å². The first-order chi connectivity index (χ1) is 13.7. The van der Waals surface area contributed by atoms with E-state index in [9.17, 15) is 14.7 Å². The highest BCUT2D eigenvalue weighted by Crippen LogP contribution is 2.40. The summed E-state index contributed by atoms with van der Waals surface area (Å²) >= 11 is 0. The Balaban J connectivity index is 1.85. The van der Waals surface area contributed by atoms with E-state index in [1.165, 1.54) is 4.90 Å². The predicted molar refractivity (Wildman–Crippen MR) is 107 cm³/mol. The molecule has 4 rings (SSSR count). The van der Waals surface area contributed by atoms with Crippen molar-refractivity contribution in [3.05, 3.63) is 113 Å². The first kappa shape index (κ1) is 17.7. The van der Waals surface area contributed by atoms with Crippen LogP contribution in [-0.2, 0) is 16.1 Å². The summed E-state index contributed by atoms with van der Waals surface area (Å²) in [5.41, 5.74) is 2.35. The van der Waals surface area contributed by atoms with Crippen LogP contribution in [0.15, 0.2) is 96.6 Å².